The maximum atomic E-state index is 12.6. The highest BCUT2D eigenvalue weighted by Gasteiger charge is 2.18. The van der Waals surface area contributed by atoms with Gasteiger partial charge in [-0.15, -0.1) is 11.8 Å². The highest BCUT2D eigenvalue weighted by molar-refractivity contribution is 7.98. The number of rotatable bonds is 5. The lowest BCUT2D eigenvalue weighted by molar-refractivity contribution is 0.0937. The summed E-state index contributed by atoms with van der Waals surface area (Å²) in [5, 5.41) is 7.49. The van der Waals surface area contributed by atoms with Crippen LogP contribution in [0.25, 0.3) is 5.82 Å². The van der Waals surface area contributed by atoms with Crippen LogP contribution in [0.4, 0.5) is 0 Å². The lowest BCUT2D eigenvalue weighted by Crippen LogP contribution is -2.27. The summed E-state index contributed by atoms with van der Waals surface area (Å²) in [6.45, 7) is 3.95. The van der Waals surface area contributed by atoms with Gasteiger partial charge in [0.05, 0.1) is 17.8 Å². The van der Waals surface area contributed by atoms with Gasteiger partial charge >= 0.3 is 0 Å². The number of hydrogen-bond acceptors (Lipinski definition) is 4. The molecule has 3 aromatic rings. The number of hydrogen-bond donors (Lipinski definition) is 1. The third-order valence-electron chi connectivity index (χ3n) is 4.08. The van der Waals surface area contributed by atoms with E-state index in [1.165, 1.54) is 0 Å². The van der Waals surface area contributed by atoms with Crippen LogP contribution in [0.2, 0.25) is 0 Å². The van der Waals surface area contributed by atoms with Crippen LogP contribution in [-0.4, -0.2) is 26.9 Å². The summed E-state index contributed by atoms with van der Waals surface area (Å²) >= 11 is 1.57. The summed E-state index contributed by atoms with van der Waals surface area (Å²) in [7, 11) is 0. The maximum Gasteiger partial charge on any atom is 0.252 e. The average Bonchev–Trinajstić information content (AvgIpc) is 3.03. The Hall–Kier alpha value is -2.60. The molecule has 1 aromatic carbocycles. The molecule has 25 heavy (non-hydrogen) atoms. The number of carbonyl (C=O) groups excluding carboxylic acids is 1. The number of amides is 1. The molecule has 0 spiro atoms. The molecule has 0 aliphatic heterocycles. The summed E-state index contributed by atoms with van der Waals surface area (Å²) in [6.07, 6.45) is 5.49. The molecule has 3 rings (SSSR count). The first-order valence-electron chi connectivity index (χ1n) is 8.01. The van der Waals surface area contributed by atoms with E-state index >= 15 is 0 Å². The lowest BCUT2D eigenvalue weighted by Gasteiger charge is -2.15. The quantitative estimate of drug-likeness (QED) is 0.710. The van der Waals surface area contributed by atoms with Crippen LogP contribution in [0.3, 0.4) is 0 Å². The van der Waals surface area contributed by atoms with Gasteiger partial charge in [0.15, 0.2) is 5.82 Å². The average molecular weight is 352 g/mol. The van der Waals surface area contributed by atoms with Crippen LogP contribution >= 0.6 is 11.8 Å². The summed E-state index contributed by atoms with van der Waals surface area (Å²) in [5.74, 6) is 0.681. The predicted octanol–water partition coefficient (Wildman–Crippen LogP) is 3.79. The second-order valence-corrected chi connectivity index (χ2v) is 6.53. The highest BCUT2D eigenvalue weighted by atomic mass is 32.2. The standard InChI is InChI=1S/C19H20N4OS/c1-13(22-19(24)15-8-4-5-9-17(15)25-3)16-12-21-23(14(16)2)18-10-6-7-11-20-18/h4-13H,1-3H3,(H,22,24). The Balaban J connectivity index is 1.81. The number of carbonyl (C=O) groups is 1. The van der Waals surface area contributed by atoms with E-state index < -0.39 is 0 Å². The van der Waals surface area contributed by atoms with Gasteiger partial charge in [-0.05, 0) is 44.4 Å². The van der Waals surface area contributed by atoms with Crippen molar-refractivity contribution in [2.75, 3.05) is 6.26 Å². The molecule has 1 unspecified atom stereocenters. The minimum Gasteiger partial charge on any atom is -0.345 e. The first-order valence-corrected chi connectivity index (χ1v) is 9.24. The molecule has 0 radical (unpaired) electrons. The fourth-order valence-corrected chi connectivity index (χ4v) is 3.34. The molecular formula is C19H20N4OS. The summed E-state index contributed by atoms with van der Waals surface area (Å²) in [4.78, 5) is 17.9. The molecule has 0 aliphatic carbocycles. The van der Waals surface area contributed by atoms with Crippen molar-refractivity contribution >= 4 is 17.7 Å². The van der Waals surface area contributed by atoms with E-state index in [9.17, 15) is 4.79 Å². The fraction of sp³-hybridized carbons (Fsp3) is 0.211. The molecule has 0 aliphatic rings. The van der Waals surface area contributed by atoms with Crippen LogP contribution in [0.1, 0.15) is 34.6 Å². The molecule has 0 saturated carbocycles. The van der Waals surface area contributed by atoms with Crippen molar-refractivity contribution in [1.82, 2.24) is 20.1 Å². The van der Waals surface area contributed by atoms with E-state index in [0.29, 0.717) is 5.56 Å². The Labute approximate surface area is 151 Å². The number of nitrogens with one attached hydrogen (secondary N) is 1. The van der Waals surface area contributed by atoms with Crippen LogP contribution in [0.5, 0.6) is 0 Å². The van der Waals surface area contributed by atoms with Gasteiger partial charge in [-0.25, -0.2) is 9.67 Å². The Kier molecular flexibility index (Phi) is 5.19. The number of nitrogens with zero attached hydrogens (tertiary/aromatic N) is 3. The smallest absolute Gasteiger partial charge is 0.252 e. The van der Waals surface area contributed by atoms with Gasteiger partial charge in [-0.1, -0.05) is 18.2 Å². The van der Waals surface area contributed by atoms with E-state index in [4.69, 9.17) is 0 Å². The highest BCUT2D eigenvalue weighted by Crippen LogP contribution is 2.23. The largest absolute Gasteiger partial charge is 0.345 e. The molecule has 1 amide bonds. The monoisotopic (exact) mass is 352 g/mol. The van der Waals surface area contributed by atoms with E-state index in [1.54, 1.807) is 28.8 Å². The zero-order valence-corrected chi connectivity index (χ0v) is 15.2. The Morgan fingerprint density at radius 1 is 1.20 bits per heavy atom. The Morgan fingerprint density at radius 3 is 2.68 bits per heavy atom. The van der Waals surface area contributed by atoms with Gasteiger partial charge in [0.1, 0.15) is 0 Å². The van der Waals surface area contributed by atoms with Gasteiger partial charge in [0.2, 0.25) is 0 Å². The second-order valence-electron chi connectivity index (χ2n) is 5.68. The molecule has 5 nitrogen and oxygen atoms in total. The van der Waals surface area contributed by atoms with Gasteiger partial charge < -0.3 is 5.32 Å². The molecule has 1 N–H and O–H groups in total. The summed E-state index contributed by atoms with van der Waals surface area (Å²) in [6, 6.07) is 13.2. The van der Waals surface area contributed by atoms with Gasteiger partial charge in [-0.3, -0.25) is 4.79 Å². The zero-order chi connectivity index (χ0) is 17.8. The van der Waals surface area contributed by atoms with Crippen molar-refractivity contribution in [3.63, 3.8) is 0 Å². The normalized spacial score (nSPS) is 12.0. The van der Waals surface area contributed by atoms with Crippen LogP contribution in [-0.2, 0) is 0 Å². The maximum absolute atomic E-state index is 12.6. The van der Waals surface area contributed by atoms with Gasteiger partial charge in [0, 0.05) is 22.3 Å². The fourth-order valence-electron chi connectivity index (χ4n) is 2.74. The molecule has 0 bridgehead atoms. The number of pyridine rings is 1. The van der Waals surface area contributed by atoms with Gasteiger partial charge in [-0.2, -0.15) is 5.10 Å². The van der Waals surface area contributed by atoms with Gasteiger partial charge in [0.25, 0.3) is 5.91 Å². The number of thioether (sulfide) groups is 1. The molecule has 128 valence electrons. The molecule has 6 heteroatoms. The van der Waals surface area contributed by atoms with Crippen LogP contribution in [0, 0.1) is 6.92 Å². The molecule has 2 heterocycles. The second kappa shape index (κ2) is 7.53. The van der Waals surface area contributed by atoms with Crippen molar-refractivity contribution in [2.24, 2.45) is 0 Å². The molecule has 2 aromatic heterocycles. The van der Waals surface area contributed by atoms with E-state index in [-0.39, 0.29) is 11.9 Å². The number of aromatic nitrogens is 3. The topological polar surface area (TPSA) is 59.8 Å². The van der Waals surface area contributed by atoms with Crippen molar-refractivity contribution in [2.45, 2.75) is 24.8 Å². The minimum absolute atomic E-state index is 0.0811. The van der Waals surface area contributed by atoms with Crippen molar-refractivity contribution < 1.29 is 4.79 Å². The van der Waals surface area contributed by atoms with Crippen molar-refractivity contribution in [1.29, 1.82) is 0 Å². The zero-order valence-electron chi connectivity index (χ0n) is 14.4. The predicted molar refractivity (Wildman–Crippen MR) is 100 cm³/mol. The molecule has 0 saturated heterocycles. The Morgan fingerprint density at radius 2 is 1.96 bits per heavy atom. The van der Waals surface area contributed by atoms with E-state index in [0.717, 1.165) is 22.0 Å². The molecule has 0 fully saturated rings. The molecular weight excluding hydrogens is 332 g/mol. The first kappa shape index (κ1) is 17.2. The first-order chi connectivity index (χ1) is 12.1. The SMILES string of the molecule is CSc1ccccc1C(=O)NC(C)c1cnn(-c2ccccn2)c1C. The summed E-state index contributed by atoms with van der Waals surface area (Å²) < 4.78 is 1.79. The van der Waals surface area contributed by atoms with Crippen LogP contribution in [0.15, 0.2) is 59.8 Å². The minimum atomic E-state index is -0.153. The summed E-state index contributed by atoms with van der Waals surface area (Å²) in [5.41, 5.74) is 2.63. The Bertz CT molecular complexity index is 876. The third kappa shape index (κ3) is 3.58. The van der Waals surface area contributed by atoms with E-state index in [1.807, 2.05) is 62.6 Å². The lowest BCUT2D eigenvalue weighted by atomic mass is 10.1. The van der Waals surface area contributed by atoms with Crippen molar-refractivity contribution in [3.8, 4) is 5.82 Å². The third-order valence-corrected chi connectivity index (χ3v) is 4.88. The van der Waals surface area contributed by atoms with E-state index in [2.05, 4.69) is 15.4 Å². The number of benzene rings is 1. The van der Waals surface area contributed by atoms with Crippen LogP contribution < -0.4 is 5.32 Å². The van der Waals surface area contributed by atoms with Crippen molar-refractivity contribution in [3.05, 3.63) is 71.7 Å². The molecule has 1 atom stereocenters.